The van der Waals surface area contributed by atoms with Gasteiger partial charge in [-0.3, -0.25) is 4.79 Å². The van der Waals surface area contributed by atoms with Crippen molar-refractivity contribution in [3.63, 3.8) is 0 Å². The van der Waals surface area contributed by atoms with Crippen LogP contribution in [0.3, 0.4) is 0 Å². The Labute approximate surface area is 167 Å². The van der Waals surface area contributed by atoms with Gasteiger partial charge in [-0.25, -0.2) is 18.4 Å². The molecule has 1 amide bonds. The van der Waals surface area contributed by atoms with Gasteiger partial charge in [-0.2, -0.15) is 0 Å². The maximum atomic E-state index is 13.1. The molecule has 1 atom stereocenters. The highest BCUT2D eigenvalue weighted by atomic mass is 32.2. The molecule has 1 aromatic heterocycles. The summed E-state index contributed by atoms with van der Waals surface area (Å²) in [4.78, 5) is 23.3. The van der Waals surface area contributed by atoms with Gasteiger partial charge < -0.3 is 4.90 Å². The van der Waals surface area contributed by atoms with E-state index in [0.717, 1.165) is 21.6 Å². The maximum Gasteiger partial charge on any atom is 0.237 e. The van der Waals surface area contributed by atoms with Gasteiger partial charge in [0.1, 0.15) is 11.4 Å². The minimum atomic E-state index is -3.10. The summed E-state index contributed by atoms with van der Waals surface area (Å²) in [6.45, 7) is 0. The molecule has 8 heteroatoms. The molecular formula is C20H19N3O3S2. The topological polar surface area (TPSA) is 80.2 Å². The van der Waals surface area contributed by atoms with Gasteiger partial charge in [-0.15, -0.1) is 0 Å². The fourth-order valence-corrected chi connectivity index (χ4v) is 5.97. The van der Waals surface area contributed by atoms with E-state index in [1.165, 1.54) is 18.1 Å². The van der Waals surface area contributed by atoms with Crippen LogP contribution < -0.4 is 4.90 Å². The molecule has 6 nitrogen and oxygen atoms in total. The molecule has 0 radical (unpaired) electrons. The van der Waals surface area contributed by atoms with E-state index >= 15 is 0 Å². The van der Waals surface area contributed by atoms with Gasteiger partial charge in [0.2, 0.25) is 5.91 Å². The van der Waals surface area contributed by atoms with Gasteiger partial charge in [0, 0.05) is 11.1 Å². The van der Waals surface area contributed by atoms with Gasteiger partial charge >= 0.3 is 0 Å². The average molecular weight is 414 g/mol. The second-order valence-corrected chi connectivity index (χ2v) is 9.83. The molecule has 0 aliphatic carbocycles. The Bertz CT molecular complexity index is 1100. The predicted octanol–water partition coefficient (Wildman–Crippen LogP) is 2.94. The molecule has 1 fully saturated rings. The summed E-state index contributed by atoms with van der Waals surface area (Å²) in [5.74, 6) is 0.181. The van der Waals surface area contributed by atoms with E-state index in [4.69, 9.17) is 0 Å². The van der Waals surface area contributed by atoms with E-state index in [1.54, 1.807) is 4.90 Å². The normalized spacial score (nSPS) is 18.2. The third-order valence-corrected chi connectivity index (χ3v) is 7.46. The zero-order valence-corrected chi connectivity index (χ0v) is 16.7. The molecule has 1 saturated heterocycles. The molecule has 4 rings (SSSR count). The number of amides is 1. The van der Waals surface area contributed by atoms with Crippen LogP contribution in [0.4, 0.5) is 5.69 Å². The Balaban J connectivity index is 1.57. The lowest BCUT2D eigenvalue weighted by molar-refractivity contribution is -0.116. The number of hydrogen-bond donors (Lipinski definition) is 0. The van der Waals surface area contributed by atoms with Crippen LogP contribution in [0.15, 0.2) is 66.0 Å². The van der Waals surface area contributed by atoms with Crippen molar-refractivity contribution >= 4 is 44.1 Å². The summed E-state index contributed by atoms with van der Waals surface area (Å²) in [5.41, 5.74) is 1.55. The van der Waals surface area contributed by atoms with E-state index in [9.17, 15) is 13.2 Å². The highest BCUT2D eigenvalue weighted by Crippen LogP contribution is 2.28. The van der Waals surface area contributed by atoms with Crippen LogP contribution in [0.1, 0.15) is 6.42 Å². The number of carbonyl (C=O) groups is 1. The van der Waals surface area contributed by atoms with E-state index < -0.39 is 9.84 Å². The molecule has 0 saturated carbocycles. The number of fused-ring (bicyclic) bond motifs is 1. The zero-order valence-electron chi connectivity index (χ0n) is 15.1. The molecule has 0 spiro atoms. The Morgan fingerprint density at radius 2 is 1.82 bits per heavy atom. The summed E-state index contributed by atoms with van der Waals surface area (Å²) in [6.07, 6.45) is 1.96. The van der Waals surface area contributed by atoms with E-state index in [-0.39, 0.29) is 29.2 Å². The molecule has 28 heavy (non-hydrogen) atoms. The molecule has 3 aromatic rings. The Morgan fingerprint density at radius 3 is 2.57 bits per heavy atom. The van der Waals surface area contributed by atoms with Gasteiger partial charge in [0.05, 0.1) is 28.8 Å². The van der Waals surface area contributed by atoms with Crippen molar-refractivity contribution in [2.24, 2.45) is 0 Å². The number of carbonyl (C=O) groups excluding carboxylic acids is 1. The van der Waals surface area contributed by atoms with Crippen LogP contribution in [-0.4, -0.2) is 47.6 Å². The third kappa shape index (κ3) is 4.02. The Hall–Kier alpha value is -2.45. The number of hydrogen-bond acceptors (Lipinski definition) is 6. The molecule has 0 bridgehead atoms. The number of nitrogens with zero attached hydrogens (tertiary/aromatic N) is 3. The van der Waals surface area contributed by atoms with Gasteiger partial charge in [-0.1, -0.05) is 48.2 Å². The van der Waals surface area contributed by atoms with Crippen LogP contribution >= 0.6 is 11.8 Å². The molecular weight excluding hydrogens is 394 g/mol. The molecule has 144 valence electrons. The lowest BCUT2D eigenvalue weighted by Crippen LogP contribution is -2.42. The highest BCUT2D eigenvalue weighted by molar-refractivity contribution is 8.00. The van der Waals surface area contributed by atoms with E-state index in [2.05, 4.69) is 9.97 Å². The van der Waals surface area contributed by atoms with Crippen LogP contribution in [0.2, 0.25) is 0 Å². The second kappa shape index (κ2) is 7.89. The summed E-state index contributed by atoms with van der Waals surface area (Å²) < 4.78 is 23.9. The lowest BCUT2D eigenvalue weighted by atomic mass is 10.2. The molecule has 2 heterocycles. The number of benzene rings is 2. The predicted molar refractivity (Wildman–Crippen MR) is 111 cm³/mol. The van der Waals surface area contributed by atoms with Gasteiger partial charge in [0.15, 0.2) is 9.84 Å². The smallest absolute Gasteiger partial charge is 0.237 e. The largest absolute Gasteiger partial charge is 0.308 e. The van der Waals surface area contributed by atoms with Crippen molar-refractivity contribution in [2.75, 3.05) is 22.2 Å². The standard InChI is InChI=1S/C20H19N3O3S2/c24-19(12-27-20-17-8-4-5-9-18(17)21-14-22-20)23(15-6-2-1-3-7-15)16-10-11-28(25,26)13-16/h1-9,14,16H,10-13H2. The number of anilines is 1. The van der Waals surface area contributed by atoms with Crippen molar-refractivity contribution in [2.45, 2.75) is 17.5 Å². The second-order valence-electron chi connectivity index (χ2n) is 6.64. The van der Waals surface area contributed by atoms with Crippen molar-refractivity contribution in [3.8, 4) is 0 Å². The van der Waals surface area contributed by atoms with Crippen LogP contribution in [-0.2, 0) is 14.6 Å². The number of thioether (sulfide) groups is 1. The minimum Gasteiger partial charge on any atom is -0.308 e. The molecule has 1 aliphatic heterocycles. The Kier molecular flexibility index (Phi) is 5.32. The first-order valence-corrected chi connectivity index (χ1v) is 11.7. The van der Waals surface area contributed by atoms with Crippen molar-refractivity contribution in [1.82, 2.24) is 9.97 Å². The summed E-state index contributed by atoms with van der Waals surface area (Å²) in [7, 11) is -3.10. The quantitative estimate of drug-likeness (QED) is 0.473. The third-order valence-electron chi connectivity index (χ3n) is 4.72. The number of aromatic nitrogens is 2. The fraction of sp³-hybridized carbons (Fsp3) is 0.250. The number of sulfone groups is 1. The molecule has 2 aromatic carbocycles. The minimum absolute atomic E-state index is 0.00867. The fourth-order valence-electron chi connectivity index (χ4n) is 3.42. The van der Waals surface area contributed by atoms with Crippen LogP contribution in [0, 0.1) is 0 Å². The summed E-state index contributed by atoms with van der Waals surface area (Å²) in [5, 5.41) is 1.64. The van der Waals surface area contributed by atoms with Gasteiger partial charge in [-0.05, 0) is 24.6 Å². The summed E-state index contributed by atoms with van der Waals surface area (Å²) >= 11 is 1.35. The first kappa shape index (κ1) is 18.9. The van der Waals surface area contributed by atoms with Crippen LogP contribution in [0.5, 0.6) is 0 Å². The summed E-state index contributed by atoms with van der Waals surface area (Å²) in [6, 6.07) is 16.6. The van der Waals surface area contributed by atoms with E-state index in [1.807, 2.05) is 54.6 Å². The van der Waals surface area contributed by atoms with Crippen molar-refractivity contribution in [1.29, 1.82) is 0 Å². The monoisotopic (exact) mass is 413 g/mol. The highest BCUT2D eigenvalue weighted by Gasteiger charge is 2.35. The molecule has 1 aliphatic rings. The zero-order chi connectivity index (χ0) is 19.6. The lowest BCUT2D eigenvalue weighted by Gasteiger charge is -2.28. The van der Waals surface area contributed by atoms with Gasteiger partial charge in [0.25, 0.3) is 0 Å². The number of rotatable bonds is 5. The van der Waals surface area contributed by atoms with E-state index in [0.29, 0.717) is 6.42 Å². The van der Waals surface area contributed by atoms with Crippen molar-refractivity contribution < 1.29 is 13.2 Å². The molecule has 1 unspecified atom stereocenters. The first-order chi connectivity index (χ1) is 13.5. The first-order valence-electron chi connectivity index (χ1n) is 8.93. The average Bonchev–Trinajstić information content (AvgIpc) is 3.06. The Morgan fingerprint density at radius 1 is 1.07 bits per heavy atom. The maximum absolute atomic E-state index is 13.1. The SMILES string of the molecule is O=C(CSc1ncnc2ccccc12)N(c1ccccc1)C1CCS(=O)(=O)C1. The van der Waals surface area contributed by atoms with Crippen molar-refractivity contribution in [3.05, 3.63) is 60.9 Å². The molecule has 0 N–H and O–H groups in total. The number of para-hydroxylation sites is 2. The van der Waals surface area contributed by atoms with Crippen LogP contribution in [0.25, 0.3) is 10.9 Å².